The number of imidazole rings is 1. The van der Waals surface area contributed by atoms with Crippen LogP contribution in [0.3, 0.4) is 0 Å². The lowest BCUT2D eigenvalue weighted by molar-refractivity contribution is -0.134. The fraction of sp³-hybridized carbons (Fsp3) is 0.714. The van der Waals surface area contributed by atoms with E-state index in [9.17, 15) is 4.79 Å². The number of carbonyl (C=O) groups excluding carboxylic acids is 1. The van der Waals surface area contributed by atoms with E-state index >= 15 is 0 Å². The Bertz CT molecular complexity index is 474. The summed E-state index contributed by atoms with van der Waals surface area (Å²) in [7, 11) is 1.97. The smallest absolute Gasteiger partial charge is 0.225 e. The summed E-state index contributed by atoms with van der Waals surface area (Å²) in [6.07, 6.45) is 9.56. The van der Waals surface area contributed by atoms with Crippen molar-refractivity contribution in [3.63, 3.8) is 0 Å². The molecule has 5 nitrogen and oxygen atoms in total. The summed E-state index contributed by atoms with van der Waals surface area (Å²) in [6.45, 7) is 0.614. The van der Waals surface area contributed by atoms with Gasteiger partial charge in [-0.05, 0) is 32.1 Å². The molecule has 1 aromatic heterocycles. The van der Waals surface area contributed by atoms with Gasteiger partial charge in [0, 0.05) is 37.4 Å². The van der Waals surface area contributed by atoms with Crippen molar-refractivity contribution >= 4 is 5.91 Å². The summed E-state index contributed by atoms with van der Waals surface area (Å²) in [5.74, 6) is 1.15. The molecule has 0 aromatic carbocycles. The first-order valence-corrected chi connectivity index (χ1v) is 7.12. The molecule has 2 aliphatic carbocycles. The second kappa shape index (κ2) is 4.63. The predicted octanol–water partition coefficient (Wildman–Crippen LogP) is 1.18. The Morgan fingerprint density at radius 3 is 2.79 bits per heavy atom. The monoisotopic (exact) mass is 262 g/mol. The molecular formula is C14H22N4O. The number of nitrogens with two attached hydrogens (primary N) is 1. The van der Waals surface area contributed by atoms with Gasteiger partial charge in [-0.1, -0.05) is 0 Å². The summed E-state index contributed by atoms with van der Waals surface area (Å²) in [5.41, 5.74) is 5.97. The van der Waals surface area contributed by atoms with Crippen molar-refractivity contribution in [2.75, 3.05) is 0 Å². The zero-order valence-corrected chi connectivity index (χ0v) is 11.5. The Kier molecular flexibility index (Phi) is 3.09. The molecule has 5 heteroatoms. The maximum absolute atomic E-state index is 12.5. The summed E-state index contributed by atoms with van der Waals surface area (Å²) >= 11 is 0. The number of hydrogen-bond donors (Lipinski definition) is 1. The van der Waals surface area contributed by atoms with E-state index in [0.29, 0.717) is 19.0 Å². The van der Waals surface area contributed by atoms with Crippen LogP contribution >= 0.6 is 0 Å². The quantitative estimate of drug-likeness (QED) is 0.866. The molecule has 3 rings (SSSR count). The summed E-state index contributed by atoms with van der Waals surface area (Å²) in [6, 6.07) is 0.410. The van der Waals surface area contributed by atoms with E-state index in [1.54, 1.807) is 6.20 Å². The lowest BCUT2D eigenvalue weighted by Crippen LogP contribution is -2.50. The summed E-state index contributed by atoms with van der Waals surface area (Å²) < 4.78 is 1.98. The average molecular weight is 262 g/mol. The van der Waals surface area contributed by atoms with Crippen molar-refractivity contribution in [1.82, 2.24) is 14.5 Å². The van der Waals surface area contributed by atoms with E-state index in [1.165, 1.54) is 0 Å². The molecule has 0 spiro atoms. The minimum absolute atomic E-state index is 0.202. The van der Waals surface area contributed by atoms with Crippen LogP contribution in [0.15, 0.2) is 12.4 Å². The third kappa shape index (κ3) is 2.66. The molecule has 104 valence electrons. The lowest BCUT2D eigenvalue weighted by atomic mass is 9.75. The molecule has 19 heavy (non-hydrogen) atoms. The topological polar surface area (TPSA) is 64.2 Å². The molecule has 2 aliphatic rings. The van der Waals surface area contributed by atoms with Gasteiger partial charge in [0.15, 0.2) is 0 Å². The maximum atomic E-state index is 12.5. The Hall–Kier alpha value is -1.36. The van der Waals surface area contributed by atoms with Gasteiger partial charge in [0.1, 0.15) is 5.82 Å². The number of aryl methyl sites for hydroxylation is 1. The van der Waals surface area contributed by atoms with Gasteiger partial charge < -0.3 is 15.2 Å². The summed E-state index contributed by atoms with van der Waals surface area (Å²) in [4.78, 5) is 18.8. The molecule has 0 atom stereocenters. The Balaban J connectivity index is 1.67. The van der Waals surface area contributed by atoms with Crippen LogP contribution in [0.2, 0.25) is 0 Å². The average Bonchev–Trinajstić information content (AvgIpc) is 3.08. The molecule has 0 bridgehead atoms. The van der Waals surface area contributed by atoms with Crippen LogP contribution in [0.5, 0.6) is 0 Å². The lowest BCUT2D eigenvalue weighted by Gasteiger charge is -2.39. The van der Waals surface area contributed by atoms with Crippen molar-refractivity contribution in [2.24, 2.45) is 12.8 Å². The van der Waals surface area contributed by atoms with Gasteiger partial charge in [-0.2, -0.15) is 0 Å². The fourth-order valence-electron chi connectivity index (χ4n) is 2.72. The van der Waals surface area contributed by atoms with Crippen LogP contribution in [-0.2, 0) is 18.4 Å². The van der Waals surface area contributed by atoms with Gasteiger partial charge in [0.25, 0.3) is 0 Å². The van der Waals surface area contributed by atoms with E-state index < -0.39 is 0 Å². The zero-order chi connectivity index (χ0) is 13.5. The molecule has 0 unspecified atom stereocenters. The van der Waals surface area contributed by atoms with Crippen molar-refractivity contribution in [3.05, 3.63) is 18.2 Å². The third-order valence-corrected chi connectivity index (χ3v) is 4.39. The fourth-order valence-corrected chi connectivity index (χ4v) is 2.72. The largest absolute Gasteiger partial charge is 0.337 e. The molecule has 0 saturated heterocycles. The van der Waals surface area contributed by atoms with Crippen LogP contribution < -0.4 is 5.73 Å². The van der Waals surface area contributed by atoms with Gasteiger partial charge in [0.05, 0.1) is 6.54 Å². The van der Waals surface area contributed by atoms with Crippen molar-refractivity contribution in [1.29, 1.82) is 0 Å². The first-order valence-electron chi connectivity index (χ1n) is 7.12. The van der Waals surface area contributed by atoms with E-state index in [1.807, 2.05) is 22.7 Å². The van der Waals surface area contributed by atoms with Crippen LogP contribution in [0.4, 0.5) is 0 Å². The van der Waals surface area contributed by atoms with Crippen LogP contribution in [0, 0.1) is 0 Å². The molecule has 2 fully saturated rings. The first kappa shape index (κ1) is 12.7. The highest BCUT2D eigenvalue weighted by Gasteiger charge is 2.39. The third-order valence-electron chi connectivity index (χ3n) is 4.39. The van der Waals surface area contributed by atoms with Gasteiger partial charge in [-0.15, -0.1) is 0 Å². The number of hydrogen-bond acceptors (Lipinski definition) is 3. The SMILES string of the molecule is Cn1ccnc1CN(C(=O)CC1(N)CCC1)C1CC1. The van der Waals surface area contributed by atoms with E-state index in [4.69, 9.17) is 5.73 Å². The number of carbonyl (C=O) groups is 1. The second-order valence-electron chi connectivity index (χ2n) is 6.10. The Morgan fingerprint density at radius 2 is 2.32 bits per heavy atom. The maximum Gasteiger partial charge on any atom is 0.225 e. The Morgan fingerprint density at radius 1 is 1.58 bits per heavy atom. The molecule has 1 amide bonds. The van der Waals surface area contributed by atoms with Gasteiger partial charge in [-0.3, -0.25) is 4.79 Å². The summed E-state index contributed by atoms with van der Waals surface area (Å²) in [5, 5.41) is 0. The highest BCUT2D eigenvalue weighted by Crippen LogP contribution is 2.35. The zero-order valence-electron chi connectivity index (χ0n) is 11.5. The molecule has 2 N–H and O–H groups in total. The normalized spacial score (nSPS) is 20.9. The molecule has 0 aliphatic heterocycles. The van der Waals surface area contributed by atoms with E-state index in [0.717, 1.165) is 37.9 Å². The number of nitrogens with zero attached hydrogens (tertiary/aromatic N) is 3. The highest BCUT2D eigenvalue weighted by atomic mass is 16.2. The van der Waals surface area contributed by atoms with Gasteiger partial charge >= 0.3 is 0 Å². The molecule has 1 aromatic rings. The first-order chi connectivity index (χ1) is 9.07. The number of amides is 1. The van der Waals surface area contributed by atoms with E-state index in [-0.39, 0.29) is 11.4 Å². The van der Waals surface area contributed by atoms with Crippen LogP contribution in [0.25, 0.3) is 0 Å². The van der Waals surface area contributed by atoms with Crippen molar-refractivity contribution < 1.29 is 4.79 Å². The standard InChI is InChI=1S/C14H22N4O/c1-17-8-7-16-12(17)10-18(11-3-4-11)13(19)9-14(15)5-2-6-14/h7-8,11H,2-6,9-10,15H2,1H3. The molecular weight excluding hydrogens is 240 g/mol. The minimum atomic E-state index is -0.230. The van der Waals surface area contributed by atoms with Crippen LogP contribution in [-0.4, -0.2) is 31.9 Å². The highest BCUT2D eigenvalue weighted by molar-refractivity contribution is 5.78. The second-order valence-corrected chi connectivity index (χ2v) is 6.10. The Labute approximate surface area is 113 Å². The van der Waals surface area contributed by atoms with Crippen molar-refractivity contribution in [3.8, 4) is 0 Å². The van der Waals surface area contributed by atoms with Crippen LogP contribution in [0.1, 0.15) is 44.3 Å². The van der Waals surface area contributed by atoms with Gasteiger partial charge in [0.2, 0.25) is 5.91 Å². The molecule has 1 heterocycles. The van der Waals surface area contributed by atoms with Crippen molar-refractivity contribution in [2.45, 2.75) is 56.7 Å². The molecule has 2 saturated carbocycles. The predicted molar refractivity (Wildman–Crippen MR) is 72.2 cm³/mol. The molecule has 0 radical (unpaired) electrons. The van der Waals surface area contributed by atoms with Gasteiger partial charge in [-0.25, -0.2) is 4.98 Å². The number of rotatable bonds is 5. The van der Waals surface area contributed by atoms with E-state index in [2.05, 4.69) is 4.98 Å². The number of aromatic nitrogens is 2. The minimum Gasteiger partial charge on any atom is -0.337 e.